The van der Waals surface area contributed by atoms with Crippen molar-refractivity contribution in [2.45, 2.75) is 89.9 Å². The number of carbonyl (C=O) groups is 3. The van der Waals surface area contributed by atoms with Crippen LogP contribution in [0.5, 0.6) is 0 Å². The lowest BCUT2D eigenvalue weighted by Gasteiger charge is -2.41. The first kappa shape index (κ1) is 26.3. The number of ether oxygens (including phenoxy) is 2. The van der Waals surface area contributed by atoms with Crippen molar-refractivity contribution >= 4 is 17.7 Å². The van der Waals surface area contributed by atoms with Gasteiger partial charge in [-0.05, 0) is 63.4 Å². The Kier molecular flexibility index (Phi) is 8.84. The van der Waals surface area contributed by atoms with Crippen molar-refractivity contribution in [3.8, 4) is 0 Å². The molecule has 0 aliphatic carbocycles. The summed E-state index contributed by atoms with van der Waals surface area (Å²) in [6, 6.07) is 9.17. The van der Waals surface area contributed by atoms with E-state index in [-0.39, 0.29) is 18.6 Å². The van der Waals surface area contributed by atoms with Crippen LogP contribution in [0.25, 0.3) is 0 Å². The minimum Gasteiger partial charge on any atom is -0.461 e. The highest BCUT2D eigenvalue weighted by Gasteiger charge is 2.52. The maximum absolute atomic E-state index is 13.2. The maximum Gasteiger partial charge on any atom is 0.329 e. The fraction of sp³-hybridized carbons (Fsp3) is 0.654. The molecule has 2 fully saturated rings. The van der Waals surface area contributed by atoms with Crippen LogP contribution in [0.4, 0.5) is 0 Å². The van der Waals surface area contributed by atoms with Crippen LogP contribution in [0, 0.1) is 11.8 Å². The number of carbonyl (C=O) groups excluding carboxylic acids is 3. The predicted octanol–water partition coefficient (Wildman–Crippen LogP) is 2.56. The Balaban J connectivity index is 1.69. The zero-order valence-corrected chi connectivity index (χ0v) is 20.4. The molecule has 2 heterocycles. The summed E-state index contributed by atoms with van der Waals surface area (Å²) >= 11 is 0. The van der Waals surface area contributed by atoms with Crippen LogP contribution in [0.3, 0.4) is 0 Å². The second-order valence-corrected chi connectivity index (χ2v) is 9.67. The van der Waals surface area contributed by atoms with Crippen LogP contribution in [0.15, 0.2) is 30.3 Å². The third kappa shape index (κ3) is 5.85. The molecule has 2 aliphatic heterocycles. The monoisotopic (exact) mass is 474 g/mol. The van der Waals surface area contributed by atoms with Crippen LogP contribution in [0.1, 0.15) is 64.9 Å². The number of rotatable bonds is 8. The van der Waals surface area contributed by atoms with Gasteiger partial charge in [0.2, 0.25) is 5.79 Å². The SMILES string of the molecule is CCC(Cc1ccccc1)C(C)OC(=O)C1CCCCN1C(=O)C(=O)C1(O)OC(N)CCC1C. The van der Waals surface area contributed by atoms with Gasteiger partial charge in [0, 0.05) is 12.5 Å². The smallest absolute Gasteiger partial charge is 0.329 e. The third-order valence-electron chi connectivity index (χ3n) is 7.27. The Hall–Kier alpha value is -2.29. The van der Waals surface area contributed by atoms with E-state index in [4.69, 9.17) is 15.2 Å². The van der Waals surface area contributed by atoms with Crippen molar-refractivity contribution < 1.29 is 29.0 Å². The zero-order chi connectivity index (χ0) is 24.9. The lowest BCUT2D eigenvalue weighted by molar-refractivity contribution is -0.261. The average Bonchev–Trinajstić information content (AvgIpc) is 2.84. The normalized spacial score (nSPS) is 29.2. The summed E-state index contributed by atoms with van der Waals surface area (Å²) in [6.45, 7) is 5.83. The fourth-order valence-electron chi connectivity index (χ4n) is 4.91. The number of hydrogen-bond acceptors (Lipinski definition) is 7. The van der Waals surface area contributed by atoms with Crippen LogP contribution in [-0.4, -0.2) is 58.4 Å². The second kappa shape index (κ2) is 11.4. The molecule has 2 aliphatic rings. The number of benzene rings is 1. The Morgan fingerprint density at radius 3 is 2.59 bits per heavy atom. The summed E-state index contributed by atoms with van der Waals surface area (Å²) in [4.78, 5) is 40.6. The Bertz CT molecular complexity index is 862. The molecule has 0 spiro atoms. The van der Waals surface area contributed by atoms with Crippen molar-refractivity contribution in [2.75, 3.05) is 6.54 Å². The number of amides is 1. The molecule has 8 nitrogen and oxygen atoms in total. The van der Waals surface area contributed by atoms with E-state index in [2.05, 4.69) is 19.1 Å². The van der Waals surface area contributed by atoms with E-state index in [1.165, 1.54) is 10.5 Å². The largest absolute Gasteiger partial charge is 0.461 e. The van der Waals surface area contributed by atoms with E-state index in [0.29, 0.717) is 25.7 Å². The lowest BCUT2D eigenvalue weighted by Crippen LogP contribution is -2.61. The molecule has 188 valence electrons. The molecule has 6 atom stereocenters. The quantitative estimate of drug-likeness (QED) is 0.439. The number of esters is 1. The van der Waals surface area contributed by atoms with Gasteiger partial charge >= 0.3 is 5.97 Å². The molecule has 1 aromatic carbocycles. The van der Waals surface area contributed by atoms with Crippen molar-refractivity contribution in [3.63, 3.8) is 0 Å². The Labute approximate surface area is 201 Å². The molecule has 0 bridgehead atoms. The summed E-state index contributed by atoms with van der Waals surface area (Å²) < 4.78 is 11.2. The molecule has 1 amide bonds. The standard InChI is InChI=1S/C26H38N2O6/c1-4-20(16-19-10-6-5-7-11-19)18(3)33-25(31)21-12-8-9-15-28(21)24(30)23(29)26(32)17(2)13-14-22(27)34-26/h5-7,10-11,17-18,20-22,32H,4,8-9,12-16,27H2,1-3H3. The summed E-state index contributed by atoms with van der Waals surface area (Å²) in [5.74, 6) is -5.24. The molecule has 2 saturated heterocycles. The maximum atomic E-state index is 13.2. The first-order chi connectivity index (χ1) is 16.2. The predicted molar refractivity (Wildman–Crippen MR) is 126 cm³/mol. The summed E-state index contributed by atoms with van der Waals surface area (Å²) in [5, 5.41) is 10.9. The van der Waals surface area contributed by atoms with E-state index in [1.807, 2.05) is 25.1 Å². The summed E-state index contributed by atoms with van der Waals surface area (Å²) in [6.07, 6.45) is 3.20. The lowest BCUT2D eigenvalue weighted by atomic mass is 9.88. The van der Waals surface area contributed by atoms with Gasteiger partial charge in [-0.2, -0.15) is 0 Å². The highest BCUT2D eigenvalue weighted by Crippen LogP contribution is 2.33. The van der Waals surface area contributed by atoms with Gasteiger partial charge in [0.1, 0.15) is 18.4 Å². The summed E-state index contributed by atoms with van der Waals surface area (Å²) in [7, 11) is 0. The first-order valence-electron chi connectivity index (χ1n) is 12.4. The van der Waals surface area contributed by atoms with Crippen LogP contribution >= 0.6 is 0 Å². The van der Waals surface area contributed by atoms with Gasteiger partial charge in [0.15, 0.2) is 0 Å². The number of ketones is 1. The number of nitrogens with zero attached hydrogens (tertiary/aromatic N) is 1. The Morgan fingerprint density at radius 2 is 1.91 bits per heavy atom. The molecule has 0 aromatic heterocycles. The molecule has 34 heavy (non-hydrogen) atoms. The minimum absolute atomic E-state index is 0.124. The van der Waals surface area contributed by atoms with Gasteiger partial charge in [-0.3, -0.25) is 9.59 Å². The minimum atomic E-state index is -2.28. The van der Waals surface area contributed by atoms with Crippen LogP contribution < -0.4 is 5.73 Å². The van der Waals surface area contributed by atoms with E-state index in [1.54, 1.807) is 6.92 Å². The van der Waals surface area contributed by atoms with Gasteiger partial charge in [-0.25, -0.2) is 4.79 Å². The molecule has 3 rings (SSSR count). The highest BCUT2D eigenvalue weighted by atomic mass is 16.6. The van der Waals surface area contributed by atoms with E-state index < -0.39 is 41.6 Å². The molecule has 8 heteroatoms. The second-order valence-electron chi connectivity index (χ2n) is 9.67. The zero-order valence-electron chi connectivity index (χ0n) is 20.4. The van der Waals surface area contributed by atoms with Gasteiger partial charge < -0.3 is 25.2 Å². The molecular weight excluding hydrogens is 436 g/mol. The van der Waals surface area contributed by atoms with Crippen molar-refractivity contribution in [1.82, 2.24) is 4.90 Å². The molecular formula is C26H38N2O6. The molecule has 6 unspecified atom stereocenters. The van der Waals surface area contributed by atoms with Gasteiger partial charge in [0.25, 0.3) is 11.7 Å². The number of nitrogens with two attached hydrogens (primary N) is 1. The fourth-order valence-corrected chi connectivity index (χ4v) is 4.91. The topological polar surface area (TPSA) is 119 Å². The van der Waals surface area contributed by atoms with Crippen molar-refractivity contribution in [2.24, 2.45) is 17.6 Å². The third-order valence-corrected chi connectivity index (χ3v) is 7.27. The van der Waals surface area contributed by atoms with Gasteiger partial charge in [0.05, 0.1) is 0 Å². The number of likely N-dealkylation sites (tertiary alicyclic amines) is 1. The van der Waals surface area contributed by atoms with E-state index >= 15 is 0 Å². The number of piperidine rings is 1. The number of aliphatic hydroxyl groups is 1. The molecule has 0 radical (unpaired) electrons. The summed E-state index contributed by atoms with van der Waals surface area (Å²) in [5.41, 5.74) is 6.95. The van der Waals surface area contributed by atoms with E-state index in [0.717, 1.165) is 19.3 Å². The molecule has 3 N–H and O–H groups in total. The van der Waals surface area contributed by atoms with Crippen LogP contribution in [-0.2, 0) is 30.3 Å². The van der Waals surface area contributed by atoms with Gasteiger partial charge in [-0.15, -0.1) is 0 Å². The van der Waals surface area contributed by atoms with E-state index in [9.17, 15) is 19.5 Å². The Morgan fingerprint density at radius 1 is 1.21 bits per heavy atom. The van der Waals surface area contributed by atoms with Crippen LogP contribution in [0.2, 0.25) is 0 Å². The number of Topliss-reactive ketones (excluding diaryl/α,β-unsaturated/α-hetero) is 1. The van der Waals surface area contributed by atoms with Gasteiger partial charge in [-0.1, -0.05) is 44.2 Å². The molecule has 0 saturated carbocycles. The molecule has 1 aromatic rings. The first-order valence-corrected chi connectivity index (χ1v) is 12.4. The average molecular weight is 475 g/mol. The van der Waals surface area contributed by atoms with Crippen molar-refractivity contribution in [1.29, 1.82) is 0 Å². The highest BCUT2D eigenvalue weighted by molar-refractivity contribution is 6.39. The van der Waals surface area contributed by atoms with Crippen molar-refractivity contribution in [3.05, 3.63) is 35.9 Å². The number of hydrogen-bond donors (Lipinski definition) is 2.